The van der Waals surface area contributed by atoms with Crippen LogP contribution in [0, 0.1) is 27.7 Å². The van der Waals surface area contributed by atoms with Crippen molar-refractivity contribution in [2.24, 2.45) is 0 Å². The molecular weight excluding hydrogens is 344 g/mol. The zero-order valence-corrected chi connectivity index (χ0v) is 16.2. The van der Waals surface area contributed by atoms with Crippen molar-refractivity contribution in [1.29, 1.82) is 0 Å². The predicted molar refractivity (Wildman–Crippen MR) is 106 cm³/mol. The van der Waals surface area contributed by atoms with Crippen LogP contribution in [0.3, 0.4) is 0 Å². The van der Waals surface area contributed by atoms with Gasteiger partial charge in [0, 0.05) is 11.4 Å². The number of amides is 1. The van der Waals surface area contributed by atoms with E-state index >= 15 is 0 Å². The minimum atomic E-state index is -0.0554. The van der Waals surface area contributed by atoms with E-state index < -0.39 is 0 Å². The number of anilines is 1. The van der Waals surface area contributed by atoms with E-state index in [1.165, 1.54) is 17.3 Å². The average Bonchev–Trinajstić information content (AvgIpc) is 2.98. The fraction of sp³-hybridized carbons (Fsp3) is 0.250. The lowest BCUT2D eigenvalue weighted by Crippen LogP contribution is -2.15. The van der Waals surface area contributed by atoms with Gasteiger partial charge in [0.05, 0.1) is 5.75 Å². The Bertz CT molecular complexity index is 949. The minimum absolute atomic E-state index is 0.0554. The van der Waals surface area contributed by atoms with E-state index in [1.807, 2.05) is 68.7 Å². The summed E-state index contributed by atoms with van der Waals surface area (Å²) < 4.78 is 1.98. The van der Waals surface area contributed by atoms with Gasteiger partial charge in [-0.25, -0.2) is 0 Å². The van der Waals surface area contributed by atoms with Crippen LogP contribution in [0.1, 0.15) is 22.5 Å². The summed E-state index contributed by atoms with van der Waals surface area (Å²) in [4.78, 5) is 12.4. The Labute approximate surface area is 157 Å². The Hall–Kier alpha value is -2.60. The largest absolute Gasteiger partial charge is 0.325 e. The lowest BCUT2D eigenvalue weighted by Gasteiger charge is -2.11. The Morgan fingerprint density at radius 3 is 2.62 bits per heavy atom. The number of benzene rings is 2. The third-order valence-corrected chi connectivity index (χ3v) is 5.20. The van der Waals surface area contributed by atoms with Crippen molar-refractivity contribution < 1.29 is 4.79 Å². The molecule has 2 aromatic carbocycles. The van der Waals surface area contributed by atoms with E-state index in [0.29, 0.717) is 5.16 Å². The first-order valence-electron chi connectivity index (χ1n) is 8.43. The van der Waals surface area contributed by atoms with Crippen molar-refractivity contribution in [2.45, 2.75) is 32.9 Å². The molecule has 26 heavy (non-hydrogen) atoms. The molecule has 0 radical (unpaired) electrons. The number of nitrogens with zero attached hydrogens (tertiary/aromatic N) is 3. The molecule has 1 aromatic heterocycles. The molecule has 6 heteroatoms. The zero-order valence-electron chi connectivity index (χ0n) is 15.4. The Balaban J connectivity index is 1.72. The molecule has 134 valence electrons. The second-order valence-corrected chi connectivity index (χ2v) is 7.23. The summed E-state index contributed by atoms with van der Waals surface area (Å²) in [5.74, 6) is 1.02. The van der Waals surface area contributed by atoms with Gasteiger partial charge in [-0.1, -0.05) is 36.0 Å². The van der Waals surface area contributed by atoms with Gasteiger partial charge in [-0.2, -0.15) is 0 Å². The lowest BCUT2D eigenvalue weighted by molar-refractivity contribution is -0.113. The number of nitrogens with one attached hydrogen (secondary N) is 1. The molecule has 0 aliphatic rings. The molecule has 0 bridgehead atoms. The van der Waals surface area contributed by atoms with Gasteiger partial charge in [0.2, 0.25) is 5.91 Å². The first-order valence-corrected chi connectivity index (χ1v) is 9.42. The van der Waals surface area contributed by atoms with E-state index in [1.54, 1.807) is 0 Å². The van der Waals surface area contributed by atoms with Gasteiger partial charge in [-0.15, -0.1) is 10.2 Å². The van der Waals surface area contributed by atoms with Crippen LogP contribution in [0.15, 0.2) is 47.6 Å². The van der Waals surface area contributed by atoms with Gasteiger partial charge in [-0.05, 0) is 62.6 Å². The SMILES string of the molecule is Cc1cccc(-n2c(C)nnc2SCC(=O)Nc2cccc(C)c2C)c1. The van der Waals surface area contributed by atoms with Crippen molar-refractivity contribution >= 4 is 23.4 Å². The summed E-state index contributed by atoms with van der Waals surface area (Å²) >= 11 is 1.38. The van der Waals surface area contributed by atoms with Gasteiger partial charge < -0.3 is 5.32 Å². The van der Waals surface area contributed by atoms with Gasteiger partial charge >= 0.3 is 0 Å². The maximum absolute atomic E-state index is 12.4. The normalized spacial score (nSPS) is 10.8. The summed E-state index contributed by atoms with van der Waals surface area (Å²) in [7, 11) is 0. The van der Waals surface area contributed by atoms with Gasteiger partial charge in [0.25, 0.3) is 0 Å². The van der Waals surface area contributed by atoms with E-state index in [2.05, 4.69) is 21.6 Å². The number of carbonyl (C=O) groups is 1. The highest BCUT2D eigenvalue weighted by molar-refractivity contribution is 7.99. The summed E-state index contributed by atoms with van der Waals surface area (Å²) in [6.07, 6.45) is 0. The van der Waals surface area contributed by atoms with Crippen LogP contribution in [0.5, 0.6) is 0 Å². The first-order chi connectivity index (χ1) is 12.5. The van der Waals surface area contributed by atoms with Crippen LogP contribution in [0.2, 0.25) is 0 Å². The number of aryl methyl sites for hydroxylation is 3. The Kier molecular flexibility index (Phi) is 5.42. The molecule has 0 unspecified atom stereocenters. The van der Waals surface area contributed by atoms with Crippen LogP contribution in [0.4, 0.5) is 5.69 Å². The Morgan fingerprint density at radius 1 is 1.08 bits per heavy atom. The van der Waals surface area contributed by atoms with E-state index in [4.69, 9.17) is 0 Å². The zero-order chi connectivity index (χ0) is 18.7. The first kappa shape index (κ1) is 18.2. The van der Waals surface area contributed by atoms with Crippen LogP contribution >= 0.6 is 11.8 Å². The van der Waals surface area contributed by atoms with E-state index in [-0.39, 0.29) is 11.7 Å². The smallest absolute Gasteiger partial charge is 0.234 e. The monoisotopic (exact) mass is 366 g/mol. The maximum Gasteiger partial charge on any atom is 0.234 e. The van der Waals surface area contributed by atoms with E-state index in [9.17, 15) is 4.79 Å². The molecule has 1 N–H and O–H groups in total. The molecule has 0 spiro atoms. The highest BCUT2D eigenvalue weighted by Crippen LogP contribution is 2.23. The minimum Gasteiger partial charge on any atom is -0.325 e. The maximum atomic E-state index is 12.4. The van der Waals surface area contributed by atoms with Crippen molar-refractivity contribution in [3.63, 3.8) is 0 Å². The van der Waals surface area contributed by atoms with Crippen LogP contribution in [-0.4, -0.2) is 26.4 Å². The highest BCUT2D eigenvalue weighted by Gasteiger charge is 2.14. The number of hydrogen-bond donors (Lipinski definition) is 1. The fourth-order valence-corrected chi connectivity index (χ4v) is 3.50. The summed E-state index contributed by atoms with van der Waals surface area (Å²) in [5.41, 5.74) is 5.27. The van der Waals surface area contributed by atoms with Gasteiger partial charge in [-0.3, -0.25) is 9.36 Å². The predicted octanol–water partition coefficient (Wildman–Crippen LogP) is 4.23. The molecule has 3 aromatic rings. The molecule has 0 atom stereocenters. The van der Waals surface area contributed by atoms with Crippen molar-refractivity contribution in [3.05, 3.63) is 65.0 Å². The number of thioether (sulfide) groups is 1. The standard InChI is InChI=1S/C20H22N4OS/c1-13-7-5-9-17(11-13)24-16(4)22-23-20(24)26-12-19(25)21-18-10-6-8-14(2)15(18)3/h5-11H,12H2,1-4H3,(H,21,25). The van der Waals surface area contributed by atoms with Crippen LogP contribution < -0.4 is 5.32 Å². The quantitative estimate of drug-likeness (QED) is 0.687. The van der Waals surface area contributed by atoms with Gasteiger partial charge in [0.1, 0.15) is 5.82 Å². The van der Waals surface area contributed by atoms with Crippen molar-refractivity contribution in [3.8, 4) is 5.69 Å². The summed E-state index contributed by atoms with van der Waals surface area (Å²) in [6, 6.07) is 14.1. The number of hydrogen-bond acceptors (Lipinski definition) is 4. The van der Waals surface area contributed by atoms with Crippen LogP contribution in [-0.2, 0) is 4.79 Å². The molecule has 0 saturated heterocycles. The third-order valence-electron chi connectivity index (χ3n) is 4.27. The second-order valence-electron chi connectivity index (χ2n) is 6.29. The highest BCUT2D eigenvalue weighted by atomic mass is 32.2. The number of carbonyl (C=O) groups excluding carboxylic acids is 1. The molecular formula is C20H22N4OS. The molecule has 5 nitrogen and oxygen atoms in total. The molecule has 0 fully saturated rings. The molecule has 0 aliphatic carbocycles. The van der Waals surface area contributed by atoms with E-state index in [0.717, 1.165) is 28.3 Å². The number of aromatic nitrogens is 3. The van der Waals surface area contributed by atoms with Crippen molar-refractivity contribution in [2.75, 3.05) is 11.1 Å². The van der Waals surface area contributed by atoms with Gasteiger partial charge in [0.15, 0.2) is 5.16 Å². The molecule has 3 rings (SSSR count). The number of rotatable bonds is 5. The molecule has 1 heterocycles. The molecule has 0 aliphatic heterocycles. The van der Waals surface area contributed by atoms with Crippen LogP contribution in [0.25, 0.3) is 5.69 Å². The summed E-state index contributed by atoms with van der Waals surface area (Å²) in [5, 5.41) is 12.1. The molecule has 0 saturated carbocycles. The average molecular weight is 366 g/mol. The Morgan fingerprint density at radius 2 is 1.85 bits per heavy atom. The topological polar surface area (TPSA) is 59.8 Å². The lowest BCUT2D eigenvalue weighted by atomic mass is 10.1. The second kappa shape index (κ2) is 7.74. The molecule has 1 amide bonds. The third kappa shape index (κ3) is 3.96. The fourth-order valence-electron chi connectivity index (χ4n) is 2.70. The van der Waals surface area contributed by atoms with Crippen molar-refractivity contribution in [1.82, 2.24) is 14.8 Å². The summed E-state index contributed by atoms with van der Waals surface area (Å²) in [6.45, 7) is 8.01.